The van der Waals surface area contributed by atoms with Crippen LogP contribution in [-0.4, -0.2) is 33.0 Å². The maximum atomic E-state index is 12.8. The predicted molar refractivity (Wildman–Crippen MR) is 92.1 cm³/mol. The smallest absolute Gasteiger partial charge is 0.297 e. The van der Waals surface area contributed by atoms with Crippen LogP contribution in [0.4, 0.5) is 13.2 Å². The molecule has 2 aromatic carbocycles. The van der Waals surface area contributed by atoms with Crippen molar-refractivity contribution in [3.05, 3.63) is 65.2 Å². The third-order valence-corrected chi connectivity index (χ3v) is 5.86. The van der Waals surface area contributed by atoms with Crippen LogP contribution in [0.3, 0.4) is 0 Å². The second-order valence-electron chi connectivity index (χ2n) is 6.22. The fraction of sp³-hybridized carbons (Fsp3) is 0.333. The molecule has 0 aliphatic carbocycles. The summed E-state index contributed by atoms with van der Waals surface area (Å²) in [7, 11) is -3.98. The van der Waals surface area contributed by atoms with Gasteiger partial charge >= 0.3 is 6.18 Å². The normalized spacial score (nSPS) is 15.7. The number of nitrogens with zero attached hydrogens (tertiary/aromatic N) is 1. The van der Waals surface area contributed by atoms with Crippen LogP contribution in [-0.2, 0) is 29.2 Å². The lowest BCUT2D eigenvalue weighted by molar-refractivity contribution is -0.137. The largest absolute Gasteiger partial charge is 0.416 e. The van der Waals surface area contributed by atoms with E-state index in [-0.39, 0.29) is 11.4 Å². The van der Waals surface area contributed by atoms with Crippen molar-refractivity contribution in [2.45, 2.75) is 24.0 Å². The fourth-order valence-corrected chi connectivity index (χ4v) is 4.07. The van der Waals surface area contributed by atoms with Gasteiger partial charge in [0.05, 0.1) is 10.5 Å². The summed E-state index contributed by atoms with van der Waals surface area (Å²) in [4.78, 5) is 1.74. The number of rotatable bonds is 5. The molecule has 0 radical (unpaired) electrons. The molecule has 0 aromatic heterocycles. The van der Waals surface area contributed by atoms with Crippen molar-refractivity contribution in [3.63, 3.8) is 0 Å². The third kappa shape index (κ3) is 4.44. The summed E-state index contributed by atoms with van der Waals surface area (Å²) >= 11 is 0. The van der Waals surface area contributed by atoms with Crippen LogP contribution in [0.25, 0.3) is 0 Å². The second kappa shape index (κ2) is 7.38. The van der Waals surface area contributed by atoms with Gasteiger partial charge in [-0.2, -0.15) is 13.2 Å². The van der Waals surface area contributed by atoms with E-state index in [0.29, 0.717) is 12.6 Å². The summed E-state index contributed by atoms with van der Waals surface area (Å²) in [5.74, 6) is 0. The third-order valence-electron chi connectivity index (χ3n) is 4.40. The zero-order valence-corrected chi connectivity index (χ0v) is 14.8. The monoisotopic (exact) mass is 384 g/mol. The lowest BCUT2D eigenvalue weighted by Crippen LogP contribution is -2.37. The Kier molecular flexibility index (Phi) is 5.36. The molecule has 3 rings (SSSR count). The van der Waals surface area contributed by atoms with E-state index in [9.17, 15) is 21.6 Å². The van der Waals surface area contributed by atoms with Crippen LogP contribution in [0.15, 0.2) is 53.4 Å². The molecule has 0 unspecified atom stereocenters. The Hall–Kier alpha value is -1.90. The van der Waals surface area contributed by atoms with Crippen LogP contribution in [0, 0.1) is 0 Å². The Labute approximate surface area is 150 Å². The molecule has 1 aliphatic rings. The highest BCUT2D eigenvalue weighted by Gasteiger charge is 2.31. The van der Waals surface area contributed by atoms with Crippen molar-refractivity contribution < 1.29 is 21.6 Å². The van der Waals surface area contributed by atoms with E-state index in [1.807, 2.05) is 18.2 Å². The van der Waals surface area contributed by atoms with Crippen LogP contribution in [0.2, 0.25) is 0 Å². The first-order chi connectivity index (χ1) is 12.3. The molecule has 0 spiro atoms. The fourth-order valence-electron chi connectivity index (χ4n) is 3.01. The van der Waals surface area contributed by atoms with Gasteiger partial charge in [0.15, 0.2) is 0 Å². The molecule has 1 N–H and O–H groups in total. The number of benzene rings is 2. The standard InChI is InChI=1S/C18H19F3N2O2S/c19-18(20,21)16-6-3-7-17(12-16)26(24,25)22-9-11-23-10-8-14-4-1-2-5-15(14)13-23/h1-7,12,22H,8-11,13H2. The van der Waals surface area contributed by atoms with Crippen molar-refractivity contribution in [2.24, 2.45) is 0 Å². The first-order valence-corrected chi connectivity index (χ1v) is 9.70. The van der Waals surface area contributed by atoms with Gasteiger partial charge < -0.3 is 0 Å². The van der Waals surface area contributed by atoms with Gasteiger partial charge in [0.25, 0.3) is 0 Å². The number of fused-ring (bicyclic) bond motifs is 1. The quantitative estimate of drug-likeness (QED) is 0.862. The summed E-state index contributed by atoms with van der Waals surface area (Å²) in [5, 5.41) is 0. The highest BCUT2D eigenvalue weighted by molar-refractivity contribution is 7.89. The number of sulfonamides is 1. The first-order valence-electron chi connectivity index (χ1n) is 8.22. The minimum Gasteiger partial charge on any atom is -0.297 e. The minimum atomic E-state index is -4.58. The molecular formula is C18H19F3N2O2S. The summed E-state index contributed by atoms with van der Waals surface area (Å²) < 4.78 is 65.1. The van der Waals surface area contributed by atoms with Gasteiger partial charge in [-0.25, -0.2) is 13.1 Å². The van der Waals surface area contributed by atoms with Crippen LogP contribution in [0.5, 0.6) is 0 Å². The molecular weight excluding hydrogens is 365 g/mol. The molecule has 0 saturated carbocycles. The van der Waals surface area contributed by atoms with E-state index in [2.05, 4.69) is 15.7 Å². The molecule has 1 heterocycles. The number of alkyl halides is 3. The summed E-state index contributed by atoms with van der Waals surface area (Å²) in [6.45, 7) is 2.19. The van der Waals surface area contributed by atoms with Crippen LogP contribution in [0.1, 0.15) is 16.7 Å². The van der Waals surface area contributed by atoms with E-state index in [1.165, 1.54) is 11.1 Å². The van der Waals surface area contributed by atoms with E-state index >= 15 is 0 Å². The summed E-state index contributed by atoms with van der Waals surface area (Å²) in [6.07, 6.45) is -3.68. The van der Waals surface area contributed by atoms with E-state index in [0.717, 1.165) is 37.7 Å². The van der Waals surface area contributed by atoms with Gasteiger partial charge in [0.2, 0.25) is 10.0 Å². The van der Waals surface area contributed by atoms with Gasteiger partial charge in [-0.05, 0) is 35.7 Å². The average molecular weight is 384 g/mol. The number of nitrogens with one attached hydrogen (secondary N) is 1. The van der Waals surface area contributed by atoms with Gasteiger partial charge in [-0.15, -0.1) is 0 Å². The average Bonchev–Trinajstić information content (AvgIpc) is 2.61. The maximum Gasteiger partial charge on any atom is 0.416 e. The van der Waals surface area contributed by atoms with E-state index < -0.39 is 21.8 Å². The topological polar surface area (TPSA) is 49.4 Å². The molecule has 1 aliphatic heterocycles. The Morgan fingerprint density at radius 1 is 1.04 bits per heavy atom. The Morgan fingerprint density at radius 3 is 2.50 bits per heavy atom. The lowest BCUT2D eigenvalue weighted by Gasteiger charge is -2.28. The highest BCUT2D eigenvalue weighted by atomic mass is 32.2. The molecule has 8 heteroatoms. The van der Waals surface area contributed by atoms with Gasteiger partial charge in [0, 0.05) is 26.2 Å². The number of hydrogen-bond acceptors (Lipinski definition) is 3. The van der Waals surface area contributed by atoms with Gasteiger partial charge in [-0.3, -0.25) is 4.90 Å². The zero-order valence-electron chi connectivity index (χ0n) is 14.0. The summed E-state index contributed by atoms with van der Waals surface area (Å²) in [6, 6.07) is 11.9. The van der Waals surface area contributed by atoms with Gasteiger partial charge in [0.1, 0.15) is 0 Å². The van der Waals surface area contributed by atoms with E-state index in [1.54, 1.807) is 0 Å². The minimum absolute atomic E-state index is 0.140. The molecule has 4 nitrogen and oxygen atoms in total. The predicted octanol–water partition coefficient (Wildman–Crippen LogP) is 3.04. The molecule has 0 bridgehead atoms. The van der Waals surface area contributed by atoms with Crippen LogP contribution < -0.4 is 4.72 Å². The lowest BCUT2D eigenvalue weighted by atomic mass is 10.0. The van der Waals surface area contributed by atoms with Crippen molar-refractivity contribution in [2.75, 3.05) is 19.6 Å². The number of hydrogen-bond donors (Lipinski definition) is 1. The molecule has 0 amide bonds. The Bertz CT molecular complexity index is 882. The SMILES string of the molecule is O=S(=O)(NCCN1CCc2ccccc2C1)c1cccc(C(F)(F)F)c1. The van der Waals surface area contributed by atoms with Crippen molar-refractivity contribution in [3.8, 4) is 0 Å². The first kappa shape index (κ1) is 18.9. The summed E-state index contributed by atoms with van der Waals surface area (Å²) in [5.41, 5.74) is 1.54. The second-order valence-corrected chi connectivity index (χ2v) is 7.99. The molecule has 26 heavy (non-hydrogen) atoms. The molecule has 0 atom stereocenters. The van der Waals surface area contributed by atoms with Gasteiger partial charge in [-0.1, -0.05) is 30.3 Å². The zero-order chi connectivity index (χ0) is 18.8. The van der Waals surface area contributed by atoms with Crippen molar-refractivity contribution >= 4 is 10.0 Å². The molecule has 0 saturated heterocycles. The highest BCUT2D eigenvalue weighted by Crippen LogP contribution is 2.30. The Balaban J connectivity index is 1.60. The molecule has 140 valence electrons. The van der Waals surface area contributed by atoms with Crippen molar-refractivity contribution in [1.82, 2.24) is 9.62 Å². The molecule has 2 aromatic rings. The molecule has 0 fully saturated rings. The van der Waals surface area contributed by atoms with Crippen LogP contribution >= 0.6 is 0 Å². The maximum absolute atomic E-state index is 12.8. The number of halogens is 3. The Morgan fingerprint density at radius 2 is 1.77 bits per heavy atom. The van der Waals surface area contributed by atoms with Crippen molar-refractivity contribution in [1.29, 1.82) is 0 Å². The van der Waals surface area contributed by atoms with E-state index in [4.69, 9.17) is 0 Å².